The van der Waals surface area contributed by atoms with Crippen molar-refractivity contribution in [2.45, 2.75) is 19.3 Å². The van der Waals surface area contributed by atoms with Crippen LogP contribution in [0.4, 0.5) is 0 Å². The van der Waals surface area contributed by atoms with Crippen LogP contribution < -0.4 is 20.1 Å². The zero-order valence-corrected chi connectivity index (χ0v) is 15.8. The molecule has 0 saturated heterocycles. The van der Waals surface area contributed by atoms with Gasteiger partial charge in [-0.3, -0.25) is 9.59 Å². The number of methoxy groups -OCH3 is 2. The van der Waals surface area contributed by atoms with E-state index in [0.29, 0.717) is 25.9 Å². The number of hydrogen-bond acceptors (Lipinski definition) is 4. The lowest BCUT2D eigenvalue weighted by atomic mass is 10.1. The summed E-state index contributed by atoms with van der Waals surface area (Å²) in [5, 5.41) is 5.53. The van der Waals surface area contributed by atoms with Gasteiger partial charge in [0.1, 0.15) is 17.9 Å². The summed E-state index contributed by atoms with van der Waals surface area (Å²) in [5.74, 6) is 1.05. The highest BCUT2D eigenvalue weighted by Gasteiger charge is 2.08. The Balaban J connectivity index is 1.60. The van der Waals surface area contributed by atoms with E-state index in [1.54, 1.807) is 14.2 Å². The zero-order chi connectivity index (χ0) is 19.5. The van der Waals surface area contributed by atoms with Crippen LogP contribution in [0.25, 0.3) is 0 Å². The summed E-state index contributed by atoms with van der Waals surface area (Å²) in [6, 6.07) is 15.4. The average molecular weight is 370 g/mol. The highest BCUT2D eigenvalue weighted by Crippen LogP contribution is 2.12. The van der Waals surface area contributed by atoms with Crippen molar-refractivity contribution < 1.29 is 19.1 Å². The molecule has 0 saturated carbocycles. The Morgan fingerprint density at radius 3 is 1.41 bits per heavy atom. The first-order valence-electron chi connectivity index (χ1n) is 8.90. The summed E-state index contributed by atoms with van der Waals surface area (Å²) in [4.78, 5) is 23.7. The van der Waals surface area contributed by atoms with E-state index in [-0.39, 0.29) is 18.2 Å². The average Bonchev–Trinajstić information content (AvgIpc) is 2.69. The van der Waals surface area contributed by atoms with E-state index in [4.69, 9.17) is 9.47 Å². The summed E-state index contributed by atoms with van der Waals surface area (Å²) in [6.45, 7) is 0.981. The molecule has 0 aromatic heterocycles. The van der Waals surface area contributed by atoms with Gasteiger partial charge in [0.15, 0.2) is 0 Å². The van der Waals surface area contributed by atoms with Crippen LogP contribution in [0, 0.1) is 0 Å². The van der Waals surface area contributed by atoms with Crippen LogP contribution in [0.3, 0.4) is 0 Å². The van der Waals surface area contributed by atoms with Crippen LogP contribution >= 0.6 is 0 Å². The van der Waals surface area contributed by atoms with Crippen molar-refractivity contribution in [1.82, 2.24) is 10.6 Å². The Morgan fingerprint density at radius 2 is 1.07 bits per heavy atom. The third-order valence-electron chi connectivity index (χ3n) is 4.11. The van der Waals surface area contributed by atoms with Gasteiger partial charge in [0.25, 0.3) is 0 Å². The van der Waals surface area contributed by atoms with Gasteiger partial charge in [-0.25, -0.2) is 0 Å². The van der Waals surface area contributed by atoms with Gasteiger partial charge in [0, 0.05) is 13.1 Å². The van der Waals surface area contributed by atoms with Gasteiger partial charge in [-0.1, -0.05) is 24.3 Å². The van der Waals surface area contributed by atoms with Crippen LogP contribution in [0.2, 0.25) is 0 Å². The number of benzene rings is 2. The quantitative estimate of drug-likeness (QED) is 0.628. The smallest absolute Gasteiger partial charge is 0.229 e. The molecule has 2 rings (SSSR count). The monoisotopic (exact) mass is 370 g/mol. The SMILES string of the molecule is COc1ccc(CCNC(=O)CC(=O)NCCc2ccc(OC)cc2)cc1. The van der Waals surface area contributed by atoms with Gasteiger partial charge in [-0.2, -0.15) is 0 Å². The second-order valence-corrected chi connectivity index (χ2v) is 6.07. The molecule has 0 radical (unpaired) electrons. The van der Waals surface area contributed by atoms with Crippen molar-refractivity contribution in [3.8, 4) is 11.5 Å². The summed E-state index contributed by atoms with van der Waals surface area (Å²) < 4.78 is 10.2. The Hall–Kier alpha value is -3.02. The van der Waals surface area contributed by atoms with Crippen LogP contribution in [0.15, 0.2) is 48.5 Å². The largest absolute Gasteiger partial charge is 0.497 e. The number of carbonyl (C=O) groups excluding carboxylic acids is 2. The van der Waals surface area contributed by atoms with E-state index in [1.165, 1.54) is 0 Å². The molecule has 0 bridgehead atoms. The fourth-order valence-corrected chi connectivity index (χ4v) is 2.55. The second kappa shape index (κ2) is 10.9. The molecule has 0 aliphatic rings. The lowest BCUT2D eigenvalue weighted by Gasteiger charge is -2.08. The number of amides is 2. The molecule has 2 amide bonds. The molecule has 2 aromatic carbocycles. The van der Waals surface area contributed by atoms with E-state index < -0.39 is 0 Å². The number of carbonyl (C=O) groups is 2. The predicted octanol–water partition coefficient (Wildman–Crippen LogP) is 2.11. The normalized spacial score (nSPS) is 10.1. The molecule has 0 atom stereocenters. The summed E-state index contributed by atoms with van der Waals surface area (Å²) in [7, 11) is 3.24. The van der Waals surface area contributed by atoms with E-state index >= 15 is 0 Å². The fourth-order valence-electron chi connectivity index (χ4n) is 2.55. The van der Waals surface area contributed by atoms with E-state index in [2.05, 4.69) is 10.6 Å². The van der Waals surface area contributed by atoms with Crippen molar-refractivity contribution in [1.29, 1.82) is 0 Å². The Labute approximate surface area is 159 Å². The maximum atomic E-state index is 11.8. The Kier molecular flexibility index (Phi) is 8.16. The third kappa shape index (κ3) is 7.40. The van der Waals surface area contributed by atoms with Crippen molar-refractivity contribution >= 4 is 11.8 Å². The Bertz CT molecular complexity index is 663. The highest BCUT2D eigenvalue weighted by atomic mass is 16.5. The van der Waals surface area contributed by atoms with E-state index in [0.717, 1.165) is 22.6 Å². The first kappa shape index (κ1) is 20.3. The molecule has 0 aliphatic carbocycles. The molecule has 6 nitrogen and oxygen atoms in total. The summed E-state index contributed by atoms with van der Waals surface area (Å²) in [6.07, 6.45) is 1.24. The minimum atomic E-state index is -0.273. The molecule has 2 N–H and O–H groups in total. The number of rotatable bonds is 10. The minimum Gasteiger partial charge on any atom is -0.497 e. The molecule has 0 aliphatic heterocycles. The second-order valence-electron chi connectivity index (χ2n) is 6.07. The third-order valence-corrected chi connectivity index (χ3v) is 4.11. The maximum absolute atomic E-state index is 11.8. The lowest BCUT2D eigenvalue weighted by molar-refractivity contribution is -0.129. The molecule has 0 heterocycles. The van der Waals surface area contributed by atoms with E-state index in [9.17, 15) is 9.59 Å². The molecule has 0 fully saturated rings. The predicted molar refractivity (Wildman–Crippen MR) is 104 cm³/mol. The minimum absolute atomic E-state index is 0.161. The van der Waals surface area contributed by atoms with Crippen molar-refractivity contribution in [3.05, 3.63) is 59.7 Å². The van der Waals surface area contributed by atoms with Gasteiger partial charge in [0.2, 0.25) is 11.8 Å². The summed E-state index contributed by atoms with van der Waals surface area (Å²) >= 11 is 0. The number of ether oxygens (including phenoxy) is 2. The van der Waals surface area contributed by atoms with Crippen LogP contribution in [0.1, 0.15) is 17.5 Å². The van der Waals surface area contributed by atoms with Crippen LogP contribution in [0.5, 0.6) is 11.5 Å². The molecule has 2 aromatic rings. The number of hydrogen-bond donors (Lipinski definition) is 2. The molecule has 27 heavy (non-hydrogen) atoms. The lowest BCUT2D eigenvalue weighted by Crippen LogP contribution is -2.33. The van der Waals surface area contributed by atoms with Gasteiger partial charge in [0.05, 0.1) is 14.2 Å². The van der Waals surface area contributed by atoms with Crippen molar-refractivity contribution in [2.75, 3.05) is 27.3 Å². The molecule has 0 spiro atoms. The topological polar surface area (TPSA) is 76.7 Å². The highest BCUT2D eigenvalue weighted by molar-refractivity contribution is 5.96. The number of nitrogens with one attached hydrogen (secondary N) is 2. The first-order chi connectivity index (χ1) is 13.1. The molecular formula is C21H26N2O4. The first-order valence-corrected chi connectivity index (χ1v) is 8.90. The van der Waals surface area contributed by atoms with Gasteiger partial charge in [-0.15, -0.1) is 0 Å². The van der Waals surface area contributed by atoms with Crippen molar-refractivity contribution in [2.24, 2.45) is 0 Å². The summed E-state index contributed by atoms with van der Waals surface area (Å²) in [5.41, 5.74) is 2.19. The standard InChI is InChI=1S/C21H26N2O4/c1-26-18-7-3-16(4-8-18)11-13-22-20(24)15-21(25)23-14-12-17-5-9-19(27-2)10-6-17/h3-10H,11-15H2,1-2H3,(H,22,24)(H,23,25). The van der Waals surface area contributed by atoms with Crippen molar-refractivity contribution in [3.63, 3.8) is 0 Å². The van der Waals surface area contributed by atoms with Crippen LogP contribution in [-0.4, -0.2) is 39.1 Å². The fraction of sp³-hybridized carbons (Fsp3) is 0.333. The van der Waals surface area contributed by atoms with Crippen LogP contribution in [-0.2, 0) is 22.4 Å². The van der Waals surface area contributed by atoms with Gasteiger partial charge in [-0.05, 0) is 48.2 Å². The molecule has 0 unspecified atom stereocenters. The molecule has 144 valence electrons. The molecule has 6 heteroatoms. The Morgan fingerprint density at radius 1 is 0.704 bits per heavy atom. The van der Waals surface area contributed by atoms with E-state index in [1.807, 2.05) is 48.5 Å². The zero-order valence-electron chi connectivity index (χ0n) is 15.8. The molecular weight excluding hydrogens is 344 g/mol. The maximum Gasteiger partial charge on any atom is 0.229 e. The van der Waals surface area contributed by atoms with Gasteiger partial charge < -0.3 is 20.1 Å². The van der Waals surface area contributed by atoms with Gasteiger partial charge >= 0.3 is 0 Å².